The molecule has 2 aromatic rings. The second-order valence-electron chi connectivity index (χ2n) is 6.04. The van der Waals surface area contributed by atoms with Crippen LogP contribution in [0.4, 0.5) is 5.82 Å². The van der Waals surface area contributed by atoms with Crippen molar-refractivity contribution in [3.63, 3.8) is 0 Å². The molecule has 0 saturated heterocycles. The zero-order chi connectivity index (χ0) is 18.4. The zero-order valence-electron chi connectivity index (χ0n) is 15.2. The van der Waals surface area contributed by atoms with Crippen LogP contribution in [-0.4, -0.2) is 29.0 Å². The molecule has 0 aliphatic rings. The number of carbonyl (C=O) groups excluding carboxylic acids is 1. The summed E-state index contributed by atoms with van der Waals surface area (Å²) in [6.45, 7) is 10.2. The molecule has 0 aliphatic carbocycles. The maximum absolute atomic E-state index is 11.0. The molecule has 0 saturated carbocycles. The Kier molecular flexibility index (Phi) is 6.82. The van der Waals surface area contributed by atoms with Gasteiger partial charge in [0.2, 0.25) is 0 Å². The van der Waals surface area contributed by atoms with Crippen LogP contribution in [0.3, 0.4) is 0 Å². The van der Waals surface area contributed by atoms with E-state index in [1.54, 1.807) is 12.1 Å². The van der Waals surface area contributed by atoms with Gasteiger partial charge in [0, 0.05) is 30.6 Å². The van der Waals surface area contributed by atoms with Crippen LogP contribution in [0.15, 0.2) is 35.5 Å². The quantitative estimate of drug-likeness (QED) is 0.533. The van der Waals surface area contributed by atoms with Crippen LogP contribution in [0.2, 0.25) is 0 Å². The Morgan fingerprint density at radius 2 is 1.92 bits per heavy atom. The molecule has 0 bridgehead atoms. The van der Waals surface area contributed by atoms with Crippen molar-refractivity contribution in [1.29, 1.82) is 0 Å². The highest BCUT2D eigenvalue weighted by molar-refractivity contribution is 7.98. The van der Waals surface area contributed by atoms with E-state index < -0.39 is 5.97 Å². The normalized spacial score (nSPS) is 10.9. The summed E-state index contributed by atoms with van der Waals surface area (Å²) in [5.74, 6) is 0.710. The van der Waals surface area contributed by atoms with Crippen molar-refractivity contribution in [3.05, 3.63) is 47.2 Å². The van der Waals surface area contributed by atoms with E-state index in [0.717, 1.165) is 30.2 Å². The minimum absolute atomic E-state index is 0.193. The lowest BCUT2D eigenvalue weighted by atomic mass is 10.1. The molecule has 1 aromatic heterocycles. The third kappa shape index (κ3) is 5.19. The van der Waals surface area contributed by atoms with Gasteiger partial charge < -0.3 is 14.8 Å². The molecule has 0 unspecified atom stereocenters. The summed E-state index contributed by atoms with van der Waals surface area (Å²) in [7, 11) is 0. The van der Waals surface area contributed by atoms with Crippen molar-refractivity contribution in [1.82, 2.24) is 9.97 Å². The van der Waals surface area contributed by atoms with Gasteiger partial charge >= 0.3 is 0 Å². The molecule has 0 radical (unpaired) electrons. The third-order valence-corrected chi connectivity index (χ3v) is 4.84. The van der Waals surface area contributed by atoms with Gasteiger partial charge in [0.1, 0.15) is 5.82 Å². The van der Waals surface area contributed by atoms with Crippen LogP contribution in [0, 0.1) is 0 Å². The van der Waals surface area contributed by atoms with E-state index in [1.165, 1.54) is 17.8 Å². The van der Waals surface area contributed by atoms with E-state index >= 15 is 0 Å². The Hall–Kier alpha value is -2.08. The largest absolute Gasteiger partial charge is 0.545 e. The molecular weight excluding hydrogens is 334 g/mol. The Bertz CT molecular complexity index is 730. The summed E-state index contributed by atoms with van der Waals surface area (Å²) in [4.78, 5) is 22.5. The highest BCUT2D eigenvalue weighted by Crippen LogP contribution is 2.25. The number of aromatic carboxylic acids is 1. The van der Waals surface area contributed by atoms with Gasteiger partial charge in [-0.3, -0.25) is 0 Å². The monoisotopic (exact) mass is 358 g/mol. The fourth-order valence-electron chi connectivity index (χ4n) is 2.44. The van der Waals surface area contributed by atoms with Crippen molar-refractivity contribution >= 4 is 23.5 Å². The van der Waals surface area contributed by atoms with Gasteiger partial charge in [-0.2, -0.15) is 0 Å². The zero-order valence-corrected chi connectivity index (χ0v) is 16.0. The number of aromatic nitrogens is 2. The Morgan fingerprint density at radius 1 is 1.20 bits per heavy atom. The standard InChI is InChI=1S/C19H25N3O2S/c1-5-22(6-2)17-11-16(13(3)4)20-19(21-17)25-12-14-8-7-9-15(10-14)18(23)24/h7-11,13H,5-6,12H2,1-4H3,(H,23,24)/p-1. The van der Waals surface area contributed by atoms with Crippen LogP contribution in [0.5, 0.6) is 0 Å². The molecule has 0 aliphatic heterocycles. The summed E-state index contributed by atoms with van der Waals surface area (Å²) >= 11 is 1.52. The Morgan fingerprint density at radius 3 is 2.52 bits per heavy atom. The summed E-state index contributed by atoms with van der Waals surface area (Å²) in [6, 6.07) is 8.86. The van der Waals surface area contributed by atoms with Crippen molar-refractivity contribution in [2.75, 3.05) is 18.0 Å². The predicted octanol–water partition coefficient (Wildman–Crippen LogP) is 3.10. The minimum atomic E-state index is -1.16. The van der Waals surface area contributed by atoms with Crippen molar-refractivity contribution in [2.45, 2.75) is 44.5 Å². The van der Waals surface area contributed by atoms with E-state index in [1.807, 2.05) is 6.07 Å². The molecule has 0 N–H and O–H groups in total. The topological polar surface area (TPSA) is 69.2 Å². The summed E-state index contributed by atoms with van der Waals surface area (Å²) in [5.41, 5.74) is 2.12. The Balaban J connectivity index is 2.23. The van der Waals surface area contributed by atoms with Gasteiger partial charge in [-0.1, -0.05) is 43.8 Å². The second-order valence-corrected chi connectivity index (χ2v) is 6.98. The van der Waals surface area contributed by atoms with Gasteiger partial charge in [0.05, 0.1) is 5.97 Å². The first kappa shape index (κ1) is 19.2. The number of hydrogen-bond donors (Lipinski definition) is 0. The molecule has 6 heteroatoms. The Labute approximate surface area is 153 Å². The molecule has 134 valence electrons. The molecule has 0 amide bonds. The number of carbonyl (C=O) groups is 1. The lowest BCUT2D eigenvalue weighted by molar-refractivity contribution is -0.255. The highest BCUT2D eigenvalue weighted by atomic mass is 32.2. The smallest absolute Gasteiger partial charge is 0.190 e. The van der Waals surface area contributed by atoms with E-state index in [0.29, 0.717) is 16.8 Å². The first-order valence-electron chi connectivity index (χ1n) is 8.51. The molecule has 1 aromatic carbocycles. The molecule has 1 heterocycles. The van der Waals surface area contributed by atoms with E-state index in [2.05, 4.69) is 48.6 Å². The van der Waals surface area contributed by atoms with Crippen molar-refractivity contribution in [2.24, 2.45) is 0 Å². The first-order valence-corrected chi connectivity index (χ1v) is 9.50. The summed E-state index contributed by atoms with van der Waals surface area (Å²) < 4.78 is 0. The number of thioether (sulfide) groups is 1. The number of carboxylic acids is 1. The van der Waals surface area contributed by atoms with Gasteiger partial charge in [0.25, 0.3) is 0 Å². The summed E-state index contributed by atoms with van der Waals surface area (Å²) in [5, 5.41) is 11.7. The average molecular weight is 358 g/mol. The number of nitrogens with zero attached hydrogens (tertiary/aromatic N) is 3. The maximum atomic E-state index is 11.0. The van der Waals surface area contributed by atoms with Gasteiger partial charge in [-0.25, -0.2) is 9.97 Å². The number of hydrogen-bond acceptors (Lipinski definition) is 6. The highest BCUT2D eigenvalue weighted by Gasteiger charge is 2.12. The van der Waals surface area contributed by atoms with Crippen LogP contribution in [0.25, 0.3) is 0 Å². The summed E-state index contributed by atoms with van der Waals surface area (Å²) in [6.07, 6.45) is 0. The second kappa shape index (κ2) is 8.85. The number of benzene rings is 1. The maximum Gasteiger partial charge on any atom is 0.190 e. The van der Waals surface area contributed by atoms with E-state index in [-0.39, 0.29) is 5.56 Å². The van der Waals surface area contributed by atoms with Crippen LogP contribution in [0.1, 0.15) is 55.2 Å². The molecule has 25 heavy (non-hydrogen) atoms. The van der Waals surface area contributed by atoms with Crippen molar-refractivity contribution in [3.8, 4) is 0 Å². The fourth-order valence-corrected chi connectivity index (χ4v) is 3.24. The van der Waals surface area contributed by atoms with Gasteiger partial charge in [-0.05, 0) is 37.0 Å². The van der Waals surface area contributed by atoms with Gasteiger partial charge in [-0.15, -0.1) is 0 Å². The SMILES string of the molecule is CCN(CC)c1cc(C(C)C)nc(SCc2cccc(C(=O)[O-])c2)n1. The minimum Gasteiger partial charge on any atom is -0.545 e. The first-order chi connectivity index (χ1) is 11.9. The molecule has 0 spiro atoms. The molecular formula is C19H24N3O2S-. The van der Waals surface area contributed by atoms with Crippen LogP contribution < -0.4 is 10.0 Å². The van der Waals surface area contributed by atoms with Crippen LogP contribution in [-0.2, 0) is 5.75 Å². The average Bonchev–Trinajstić information content (AvgIpc) is 2.61. The number of anilines is 1. The number of carboxylic acid groups (broad SMARTS) is 1. The van der Waals surface area contributed by atoms with E-state index in [9.17, 15) is 9.90 Å². The lowest BCUT2D eigenvalue weighted by Crippen LogP contribution is -2.23. The third-order valence-electron chi connectivity index (χ3n) is 3.92. The number of rotatable bonds is 8. The lowest BCUT2D eigenvalue weighted by Gasteiger charge is -2.21. The molecule has 2 rings (SSSR count). The molecule has 0 atom stereocenters. The van der Waals surface area contributed by atoms with Crippen LogP contribution >= 0.6 is 11.8 Å². The van der Waals surface area contributed by atoms with E-state index in [4.69, 9.17) is 0 Å². The van der Waals surface area contributed by atoms with Gasteiger partial charge in [0.15, 0.2) is 5.16 Å². The molecule has 5 nitrogen and oxygen atoms in total. The predicted molar refractivity (Wildman–Crippen MR) is 100 cm³/mol. The fraction of sp³-hybridized carbons (Fsp3) is 0.421. The van der Waals surface area contributed by atoms with Crippen molar-refractivity contribution < 1.29 is 9.90 Å². The molecule has 0 fully saturated rings.